The first-order valence-electron chi connectivity index (χ1n) is 6.56. The molecule has 100 valence electrons. The Morgan fingerprint density at radius 1 is 1.35 bits per heavy atom. The molecule has 3 nitrogen and oxygen atoms in total. The molecule has 4 heteroatoms. The summed E-state index contributed by atoms with van der Waals surface area (Å²) in [5, 5.41) is 3.52. The van der Waals surface area contributed by atoms with E-state index in [1.807, 2.05) is 25.9 Å². The lowest BCUT2D eigenvalue weighted by Crippen LogP contribution is -2.35. The lowest BCUT2D eigenvalue weighted by molar-refractivity contribution is -0.128. The Hall–Kier alpha value is -0.220. The molecule has 0 aromatic heterocycles. The highest BCUT2D eigenvalue weighted by atomic mass is 32.2. The molecule has 0 atom stereocenters. The van der Waals surface area contributed by atoms with Crippen molar-refractivity contribution in [1.82, 2.24) is 10.2 Å². The quantitative estimate of drug-likeness (QED) is 0.710. The van der Waals surface area contributed by atoms with Crippen LogP contribution >= 0.6 is 11.8 Å². The smallest absolute Gasteiger partial charge is 0.222 e. The van der Waals surface area contributed by atoms with Crippen LogP contribution in [0.15, 0.2) is 0 Å². The number of amides is 1. The van der Waals surface area contributed by atoms with Gasteiger partial charge < -0.3 is 10.2 Å². The van der Waals surface area contributed by atoms with Crippen molar-refractivity contribution in [3.05, 3.63) is 0 Å². The van der Waals surface area contributed by atoms with Crippen LogP contribution in [-0.2, 0) is 4.79 Å². The maximum atomic E-state index is 11.4. The molecule has 0 unspecified atom stereocenters. The molecule has 1 N–H and O–H groups in total. The van der Waals surface area contributed by atoms with Gasteiger partial charge in [0.2, 0.25) is 5.91 Å². The van der Waals surface area contributed by atoms with Crippen LogP contribution in [0.1, 0.15) is 38.5 Å². The van der Waals surface area contributed by atoms with Crippen LogP contribution in [0.3, 0.4) is 0 Å². The van der Waals surface area contributed by atoms with Crippen molar-refractivity contribution in [2.24, 2.45) is 0 Å². The van der Waals surface area contributed by atoms with Gasteiger partial charge >= 0.3 is 0 Å². The fourth-order valence-electron chi connectivity index (χ4n) is 2.38. The van der Waals surface area contributed by atoms with Gasteiger partial charge in [0.05, 0.1) is 0 Å². The van der Waals surface area contributed by atoms with Crippen molar-refractivity contribution >= 4 is 17.7 Å². The summed E-state index contributed by atoms with van der Waals surface area (Å²) in [6.07, 6.45) is 9.27. The third kappa shape index (κ3) is 4.88. The van der Waals surface area contributed by atoms with Gasteiger partial charge in [-0.2, -0.15) is 11.8 Å². The zero-order valence-electron chi connectivity index (χ0n) is 11.4. The van der Waals surface area contributed by atoms with Crippen LogP contribution in [0.2, 0.25) is 0 Å². The van der Waals surface area contributed by atoms with E-state index in [0.717, 1.165) is 19.5 Å². The summed E-state index contributed by atoms with van der Waals surface area (Å²) in [5.74, 6) is 0.229. The molecule has 0 heterocycles. The van der Waals surface area contributed by atoms with Gasteiger partial charge in [-0.1, -0.05) is 12.8 Å². The molecule has 0 saturated heterocycles. The fourth-order valence-corrected chi connectivity index (χ4v) is 3.32. The summed E-state index contributed by atoms with van der Waals surface area (Å²) >= 11 is 2.01. The molecule has 0 aliphatic heterocycles. The molecule has 0 aromatic rings. The normalized spacial score (nSPS) is 18.3. The fraction of sp³-hybridized carbons (Fsp3) is 0.923. The van der Waals surface area contributed by atoms with E-state index in [1.54, 1.807) is 4.90 Å². The molecular weight excluding hydrogens is 232 g/mol. The lowest BCUT2D eigenvalue weighted by atomic mass is 10.1. The summed E-state index contributed by atoms with van der Waals surface area (Å²) in [5.41, 5.74) is 0. The Labute approximate surface area is 110 Å². The van der Waals surface area contributed by atoms with Gasteiger partial charge in [-0.25, -0.2) is 0 Å². The first kappa shape index (κ1) is 14.8. The van der Waals surface area contributed by atoms with Gasteiger partial charge in [-0.05, 0) is 32.1 Å². The van der Waals surface area contributed by atoms with E-state index in [4.69, 9.17) is 0 Å². The summed E-state index contributed by atoms with van der Waals surface area (Å²) in [6.45, 7) is 2.06. The Balaban J connectivity index is 2.09. The largest absolute Gasteiger partial charge is 0.349 e. The topological polar surface area (TPSA) is 32.3 Å². The Morgan fingerprint density at radius 3 is 2.53 bits per heavy atom. The van der Waals surface area contributed by atoms with Crippen molar-refractivity contribution in [3.63, 3.8) is 0 Å². The minimum atomic E-state index is 0.229. The van der Waals surface area contributed by atoms with Crippen LogP contribution in [0.4, 0.5) is 0 Å². The maximum absolute atomic E-state index is 11.4. The predicted molar refractivity (Wildman–Crippen MR) is 75.5 cm³/mol. The minimum absolute atomic E-state index is 0.229. The minimum Gasteiger partial charge on any atom is -0.349 e. The van der Waals surface area contributed by atoms with Gasteiger partial charge in [-0.15, -0.1) is 0 Å². The molecular formula is C13H26N2OS. The molecule has 0 radical (unpaired) electrons. The number of carbonyl (C=O) groups is 1. The van der Waals surface area contributed by atoms with Crippen molar-refractivity contribution in [2.75, 3.05) is 33.4 Å². The number of nitrogens with zero attached hydrogens (tertiary/aromatic N) is 1. The highest BCUT2D eigenvalue weighted by molar-refractivity contribution is 8.00. The average molecular weight is 258 g/mol. The van der Waals surface area contributed by atoms with E-state index in [-0.39, 0.29) is 5.91 Å². The second-order valence-corrected chi connectivity index (χ2v) is 6.44. The van der Waals surface area contributed by atoms with Crippen molar-refractivity contribution < 1.29 is 4.79 Å². The van der Waals surface area contributed by atoms with E-state index in [2.05, 4.69) is 11.6 Å². The molecule has 0 aromatic carbocycles. The molecule has 1 aliphatic carbocycles. The van der Waals surface area contributed by atoms with Crippen molar-refractivity contribution in [1.29, 1.82) is 0 Å². The summed E-state index contributed by atoms with van der Waals surface area (Å²) in [7, 11) is 3.63. The van der Waals surface area contributed by atoms with Gasteiger partial charge in [0.25, 0.3) is 0 Å². The number of nitrogens with one attached hydrogen (secondary N) is 1. The standard InChI is InChI=1S/C13H26N2OS/c1-15(2)12(16)7-6-10-14-11-13(17-3)8-4-5-9-13/h14H,4-11H2,1-3H3. The van der Waals surface area contributed by atoms with Crippen molar-refractivity contribution in [3.8, 4) is 0 Å². The Morgan fingerprint density at radius 2 is 2.00 bits per heavy atom. The number of carbonyl (C=O) groups excluding carboxylic acids is 1. The number of hydrogen-bond acceptors (Lipinski definition) is 3. The van der Waals surface area contributed by atoms with Crippen LogP contribution in [-0.4, -0.2) is 49.0 Å². The molecule has 1 aliphatic rings. The van der Waals surface area contributed by atoms with Crippen LogP contribution in [0, 0.1) is 0 Å². The van der Waals surface area contributed by atoms with Crippen LogP contribution in [0.25, 0.3) is 0 Å². The summed E-state index contributed by atoms with van der Waals surface area (Å²) in [6, 6.07) is 0. The molecule has 0 spiro atoms. The third-order valence-electron chi connectivity index (χ3n) is 3.64. The SMILES string of the molecule is CSC1(CNCCCC(=O)N(C)C)CCCC1. The Kier molecular flexibility index (Phi) is 6.34. The first-order valence-corrected chi connectivity index (χ1v) is 7.78. The van der Waals surface area contributed by atoms with E-state index in [9.17, 15) is 4.79 Å². The zero-order valence-corrected chi connectivity index (χ0v) is 12.2. The zero-order chi connectivity index (χ0) is 12.7. The lowest BCUT2D eigenvalue weighted by Gasteiger charge is -2.27. The highest BCUT2D eigenvalue weighted by Gasteiger charge is 2.32. The van der Waals surface area contributed by atoms with Crippen molar-refractivity contribution in [2.45, 2.75) is 43.3 Å². The summed E-state index contributed by atoms with van der Waals surface area (Å²) in [4.78, 5) is 13.0. The Bertz CT molecular complexity index is 238. The highest BCUT2D eigenvalue weighted by Crippen LogP contribution is 2.39. The number of hydrogen-bond donors (Lipinski definition) is 1. The first-order chi connectivity index (χ1) is 8.09. The monoisotopic (exact) mass is 258 g/mol. The molecule has 0 bridgehead atoms. The van der Waals surface area contributed by atoms with Gasteiger partial charge in [-0.3, -0.25) is 4.79 Å². The second kappa shape index (κ2) is 7.27. The molecule has 1 fully saturated rings. The third-order valence-corrected chi connectivity index (χ3v) is 5.06. The molecule has 17 heavy (non-hydrogen) atoms. The number of rotatable bonds is 7. The molecule has 1 amide bonds. The predicted octanol–water partition coefficient (Wildman–Crippen LogP) is 2.12. The van der Waals surface area contributed by atoms with E-state index < -0.39 is 0 Å². The van der Waals surface area contributed by atoms with Gasteiger partial charge in [0.1, 0.15) is 0 Å². The van der Waals surface area contributed by atoms with E-state index in [0.29, 0.717) is 11.2 Å². The van der Waals surface area contributed by atoms with Crippen LogP contribution < -0.4 is 5.32 Å². The van der Waals surface area contributed by atoms with Crippen LogP contribution in [0.5, 0.6) is 0 Å². The van der Waals surface area contributed by atoms with E-state index in [1.165, 1.54) is 25.7 Å². The second-order valence-electron chi connectivity index (χ2n) is 5.16. The van der Waals surface area contributed by atoms with Gasteiger partial charge in [0.15, 0.2) is 0 Å². The summed E-state index contributed by atoms with van der Waals surface area (Å²) < 4.78 is 0.478. The average Bonchev–Trinajstić information content (AvgIpc) is 2.77. The molecule has 1 saturated carbocycles. The molecule has 1 rings (SSSR count). The van der Waals surface area contributed by atoms with Gasteiger partial charge in [0, 0.05) is 31.8 Å². The number of thioether (sulfide) groups is 1. The van der Waals surface area contributed by atoms with E-state index >= 15 is 0 Å². The maximum Gasteiger partial charge on any atom is 0.222 e.